The van der Waals surface area contributed by atoms with Crippen LogP contribution in [-0.2, 0) is 9.47 Å². The van der Waals surface area contributed by atoms with Gasteiger partial charge in [0.1, 0.15) is 18.3 Å². The fraction of sp³-hybridized carbons (Fsp3) is 1.00. The first-order valence-corrected chi connectivity index (χ1v) is 4.39. The predicted octanol–water partition coefficient (Wildman–Crippen LogP) is -1.15. The molecule has 2 unspecified atom stereocenters. The van der Waals surface area contributed by atoms with E-state index in [2.05, 4.69) is 0 Å². The second-order valence-corrected chi connectivity index (χ2v) is 3.14. The van der Waals surface area contributed by atoms with Crippen LogP contribution in [0.5, 0.6) is 0 Å². The molecule has 3 N–H and O–H groups in total. The molecule has 78 valence electrons. The first kappa shape index (κ1) is 10.9. The van der Waals surface area contributed by atoms with E-state index in [1.807, 2.05) is 0 Å². The van der Waals surface area contributed by atoms with Crippen LogP contribution in [0.1, 0.15) is 13.8 Å². The molecule has 1 aliphatic rings. The Morgan fingerprint density at radius 2 is 1.77 bits per heavy atom. The summed E-state index contributed by atoms with van der Waals surface area (Å²) in [6.45, 7) is 3.77. The van der Waals surface area contributed by atoms with Crippen molar-refractivity contribution in [2.24, 2.45) is 0 Å². The standard InChI is InChI=1S/C8H16O5/c1-3-12-8-7(11)6(10)5(9)4(2)13-8/h4-11H,3H2,1-2H3/t4-,5-,6?,7+,8?/m0/s1. The van der Waals surface area contributed by atoms with Crippen molar-refractivity contribution in [3.8, 4) is 0 Å². The zero-order chi connectivity index (χ0) is 10.0. The van der Waals surface area contributed by atoms with E-state index < -0.39 is 30.7 Å². The van der Waals surface area contributed by atoms with Crippen LogP contribution in [0.3, 0.4) is 0 Å². The van der Waals surface area contributed by atoms with Crippen molar-refractivity contribution in [2.75, 3.05) is 6.61 Å². The highest BCUT2D eigenvalue weighted by atomic mass is 16.7. The molecule has 0 spiro atoms. The zero-order valence-corrected chi connectivity index (χ0v) is 7.75. The molecule has 1 saturated heterocycles. The van der Waals surface area contributed by atoms with Crippen LogP contribution >= 0.6 is 0 Å². The van der Waals surface area contributed by atoms with Crippen molar-refractivity contribution in [1.82, 2.24) is 0 Å². The summed E-state index contributed by atoms with van der Waals surface area (Å²) in [4.78, 5) is 0. The Hall–Kier alpha value is -0.200. The molecule has 1 heterocycles. The fourth-order valence-corrected chi connectivity index (χ4v) is 1.32. The highest BCUT2D eigenvalue weighted by molar-refractivity contribution is 4.86. The second-order valence-electron chi connectivity index (χ2n) is 3.14. The van der Waals surface area contributed by atoms with Gasteiger partial charge < -0.3 is 24.8 Å². The molecule has 1 rings (SSSR count). The lowest BCUT2D eigenvalue weighted by Gasteiger charge is -2.38. The Morgan fingerprint density at radius 1 is 1.15 bits per heavy atom. The van der Waals surface area contributed by atoms with Gasteiger partial charge in [-0.1, -0.05) is 0 Å². The van der Waals surface area contributed by atoms with Gasteiger partial charge in [-0.3, -0.25) is 0 Å². The van der Waals surface area contributed by atoms with E-state index in [-0.39, 0.29) is 0 Å². The molecule has 0 bridgehead atoms. The van der Waals surface area contributed by atoms with Gasteiger partial charge in [-0.05, 0) is 13.8 Å². The van der Waals surface area contributed by atoms with Crippen LogP contribution in [-0.4, -0.2) is 52.6 Å². The number of aliphatic hydroxyl groups excluding tert-OH is 3. The summed E-state index contributed by atoms with van der Waals surface area (Å²) >= 11 is 0. The maximum Gasteiger partial charge on any atom is 0.186 e. The first-order chi connectivity index (χ1) is 6.07. The SMILES string of the molecule is CCOC1O[C@@H](C)[C@H](O)C(O)[C@H]1O. The summed E-state index contributed by atoms with van der Waals surface area (Å²) in [5, 5.41) is 28.1. The molecule has 0 radical (unpaired) electrons. The van der Waals surface area contributed by atoms with Crippen LogP contribution in [0.2, 0.25) is 0 Å². The number of ether oxygens (including phenoxy) is 2. The van der Waals surface area contributed by atoms with Gasteiger partial charge in [0, 0.05) is 6.61 Å². The van der Waals surface area contributed by atoms with Gasteiger partial charge in [0.05, 0.1) is 6.10 Å². The molecule has 0 saturated carbocycles. The van der Waals surface area contributed by atoms with Gasteiger partial charge in [-0.2, -0.15) is 0 Å². The predicted molar refractivity (Wildman–Crippen MR) is 44.0 cm³/mol. The van der Waals surface area contributed by atoms with Gasteiger partial charge in [0.25, 0.3) is 0 Å². The van der Waals surface area contributed by atoms with E-state index in [4.69, 9.17) is 9.47 Å². The molecule has 13 heavy (non-hydrogen) atoms. The molecular formula is C8H16O5. The Labute approximate surface area is 76.9 Å². The van der Waals surface area contributed by atoms with E-state index in [0.717, 1.165) is 0 Å². The molecule has 0 aromatic carbocycles. The lowest BCUT2D eigenvalue weighted by molar-refractivity contribution is -0.291. The van der Waals surface area contributed by atoms with Crippen molar-refractivity contribution in [1.29, 1.82) is 0 Å². The average molecular weight is 192 g/mol. The highest BCUT2D eigenvalue weighted by Crippen LogP contribution is 2.21. The summed E-state index contributed by atoms with van der Waals surface area (Å²) < 4.78 is 10.2. The fourth-order valence-electron chi connectivity index (χ4n) is 1.32. The van der Waals surface area contributed by atoms with Crippen LogP contribution in [0.4, 0.5) is 0 Å². The van der Waals surface area contributed by atoms with Gasteiger partial charge in [0.2, 0.25) is 0 Å². The minimum Gasteiger partial charge on any atom is -0.388 e. The summed E-state index contributed by atoms with van der Waals surface area (Å²) in [5.41, 5.74) is 0. The van der Waals surface area contributed by atoms with Crippen molar-refractivity contribution < 1.29 is 24.8 Å². The quantitative estimate of drug-likeness (QED) is 0.515. The van der Waals surface area contributed by atoms with E-state index in [9.17, 15) is 15.3 Å². The molecule has 0 aromatic heterocycles. The smallest absolute Gasteiger partial charge is 0.186 e. The third-order valence-corrected chi connectivity index (χ3v) is 2.14. The molecule has 0 aliphatic carbocycles. The van der Waals surface area contributed by atoms with Gasteiger partial charge in [0.15, 0.2) is 6.29 Å². The van der Waals surface area contributed by atoms with E-state index >= 15 is 0 Å². The minimum atomic E-state index is -1.21. The lowest BCUT2D eigenvalue weighted by Crippen LogP contribution is -2.57. The maximum absolute atomic E-state index is 9.40. The van der Waals surface area contributed by atoms with Crippen molar-refractivity contribution in [3.63, 3.8) is 0 Å². The first-order valence-electron chi connectivity index (χ1n) is 4.39. The molecule has 0 amide bonds. The molecular weight excluding hydrogens is 176 g/mol. The van der Waals surface area contributed by atoms with E-state index in [1.165, 1.54) is 0 Å². The molecule has 5 nitrogen and oxygen atoms in total. The summed E-state index contributed by atoms with van der Waals surface area (Å²) in [7, 11) is 0. The van der Waals surface area contributed by atoms with Gasteiger partial charge >= 0.3 is 0 Å². The Kier molecular flexibility index (Phi) is 3.63. The van der Waals surface area contributed by atoms with Gasteiger partial charge in [-0.25, -0.2) is 0 Å². The van der Waals surface area contributed by atoms with Crippen LogP contribution in [0, 0.1) is 0 Å². The summed E-state index contributed by atoms with van der Waals surface area (Å²) in [5.74, 6) is 0. The Bertz CT molecular complexity index is 163. The Balaban J connectivity index is 2.59. The molecule has 0 aromatic rings. The number of aliphatic hydroxyl groups is 3. The highest BCUT2D eigenvalue weighted by Gasteiger charge is 2.42. The van der Waals surface area contributed by atoms with Crippen LogP contribution in [0.15, 0.2) is 0 Å². The lowest BCUT2D eigenvalue weighted by atomic mass is 10.0. The zero-order valence-electron chi connectivity index (χ0n) is 7.75. The number of hydrogen-bond acceptors (Lipinski definition) is 5. The molecule has 1 fully saturated rings. The maximum atomic E-state index is 9.40. The summed E-state index contributed by atoms with van der Waals surface area (Å²) in [6, 6.07) is 0. The third-order valence-electron chi connectivity index (χ3n) is 2.14. The monoisotopic (exact) mass is 192 g/mol. The Morgan fingerprint density at radius 3 is 2.31 bits per heavy atom. The third kappa shape index (κ3) is 2.18. The minimum absolute atomic E-state index is 0.386. The van der Waals surface area contributed by atoms with E-state index in [0.29, 0.717) is 6.61 Å². The van der Waals surface area contributed by atoms with E-state index in [1.54, 1.807) is 13.8 Å². The molecule has 5 heteroatoms. The topological polar surface area (TPSA) is 79.2 Å². The number of hydrogen-bond donors (Lipinski definition) is 3. The average Bonchev–Trinajstić information content (AvgIpc) is 2.11. The molecule has 5 atom stereocenters. The van der Waals surface area contributed by atoms with Crippen molar-refractivity contribution in [2.45, 2.75) is 44.6 Å². The van der Waals surface area contributed by atoms with Crippen LogP contribution in [0.25, 0.3) is 0 Å². The molecule has 1 aliphatic heterocycles. The summed E-state index contributed by atoms with van der Waals surface area (Å²) in [6.07, 6.45) is -4.84. The number of rotatable bonds is 2. The largest absolute Gasteiger partial charge is 0.388 e. The van der Waals surface area contributed by atoms with Crippen molar-refractivity contribution >= 4 is 0 Å². The normalized spacial score (nSPS) is 46.4. The van der Waals surface area contributed by atoms with Crippen molar-refractivity contribution in [3.05, 3.63) is 0 Å². The second kappa shape index (κ2) is 4.34. The van der Waals surface area contributed by atoms with Crippen LogP contribution < -0.4 is 0 Å². The van der Waals surface area contributed by atoms with Gasteiger partial charge in [-0.15, -0.1) is 0 Å².